The summed E-state index contributed by atoms with van der Waals surface area (Å²) >= 11 is 0. The van der Waals surface area contributed by atoms with Crippen molar-refractivity contribution in [3.05, 3.63) is 12.3 Å². The number of allylic oxidation sites excluding steroid dienone is 1. The summed E-state index contributed by atoms with van der Waals surface area (Å²) in [6.45, 7) is 5.63. The van der Waals surface area contributed by atoms with Crippen LogP contribution in [0.15, 0.2) is 12.3 Å². The van der Waals surface area contributed by atoms with E-state index in [1.165, 1.54) is 0 Å². The number of rotatable bonds is 7. The molecule has 72 valence electrons. The first-order valence-corrected chi connectivity index (χ1v) is 4.62. The highest BCUT2D eigenvalue weighted by molar-refractivity contribution is 4.78. The molecule has 3 nitrogen and oxygen atoms in total. The maximum absolute atomic E-state index is 5.43. The minimum atomic E-state index is 0.761. The van der Waals surface area contributed by atoms with E-state index in [0.717, 1.165) is 39.0 Å². The molecule has 0 aliphatic carbocycles. The van der Waals surface area contributed by atoms with Crippen molar-refractivity contribution in [2.24, 2.45) is 11.5 Å². The van der Waals surface area contributed by atoms with E-state index in [4.69, 9.17) is 11.5 Å². The van der Waals surface area contributed by atoms with Crippen LogP contribution < -0.4 is 11.5 Å². The van der Waals surface area contributed by atoms with Gasteiger partial charge in [-0.3, -0.25) is 0 Å². The van der Waals surface area contributed by atoms with E-state index in [1.807, 2.05) is 13.0 Å². The molecule has 0 bridgehead atoms. The van der Waals surface area contributed by atoms with Gasteiger partial charge >= 0.3 is 0 Å². The maximum atomic E-state index is 5.43. The molecular formula is C9H21N3. The Labute approximate surface area is 75.4 Å². The summed E-state index contributed by atoms with van der Waals surface area (Å²) in [7, 11) is 0. The van der Waals surface area contributed by atoms with Crippen LogP contribution in [0, 0.1) is 0 Å². The Hall–Kier alpha value is -0.540. The van der Waals surface area contributed by atoms with Gasteiger partial charge in [0.1, 0.15) is 0 Å². The number of hydrogen-bond donors (Lipinski definition) is 2. The van der Waals surface area contributed by atoms with Crippen LogP contribution in [-0.2, 0) is 0 Å². The lowest BCUT2D eigenvalue weighted by atomic mass is 10.3. The van der Waals surface area contributed by atoms with Gasteiger partial charge < -0.3 is 16.4 Å². The quantitative estimate of drug-likeness (QED) is 0.587. The molecule has 0 aliphatic rings. The van der Waals surface area contributed by atoms with Crippen molar-refractivity contribution in [1.29, 1.82) is 0 Å². The molecule has 0 radical (unpaired) electrons. The molecule has 0 amide bonds. The summed E-state index contributed by atoms with van der Waals surface area (Å²) in [5, 5.41) is 0. The molecule has 0 aromatic heterocycles. The third kappa shape index (κ3) is 6.19. The second kappa shape index (κ2) is 8.56. The molecule has 0 aliphatic heterocycles. The van der Waals surface area contributed by atoms with E-state index in [0.29, 0.717) is 0 Å². The standard InChI is InChI=1S/C9H21N3/c1-2-7-12(8-3-5-10)9-4-6-11/h2,7H,3-6,8-11H2,1H3. The fourth-order valence-corrected chi connectivity index (χ4v) is 1.06. The molecule has 0 unspecified atom stereocenters. The fourth-order valence-electron chi connectivity index (χ4n) is 1.06. The van der Waals surface area contributed by atoms with Crippen molar-refractivity contribution in [2.75, 3.05) is 26.2 Å². The Morgan fingerprint density at radius 3 is 1.92 bits per heavy atom. The fraction of sp³-hybridized carbons (Fsp3) is 0.778. The molecule has 0 saturated carbocycles. The van der Waals surface area contributed by atoms with Gasteiger partial charge in [-0.05, 0) is 39.1 Å². The van der Waals surface area contributed by atoms with Gasteiger partial charge in [-0.25, -0.2) is 0 Å². The highest BCUT2D eigenvalue weighted by Gasteiger charge is 1.96. The monoisotopic (exact) mass is 171 g/mol. The van der Waals surface area contributed by atoms with Crippen LogP contribution in [0.2, 0.25) is 0 Å². The van der Waals surface area contributed by atoms with Crippen molar-refractivity contribution >= 4 is 0 Å². The molecule has 0 spiro atoms. The van der Waals surface area contributed by atoms with Gasteiger partial charge in [0.15, 0.2) is 0 Å². The van der Waals surface area contributed by atoms with E-state index in [-0.39, 0.29) is 0 Å². The minimum Gasteiger partial charge on any atom is -0.378 e. The molecule has 12 heavy (non-hydrogen) atoms. The van der Waals surface area contributed by atoms with Crippen LogP contribution in [-0.4, -0.2) is 31.1 Å². The third-order valence-corrected chi connectivity index (χ3v) is 1.66. The second-order valence-electron chi connectivity index (χ2n) is 2.80. The molecule has 0 aromatic rings. The lowest BCUT2D eigenvalue weighted by molar-refractivity contribution is 0.367. The summed E-state index contributed by atoms with van der Waals surface area (Å²) in [6.07, 6.45) is 6.25. The van der Waals surface area contributed by atoms with Crippen molar-refractivity contribution in [3.8, 4) is 0 Å². The van der Waals surface area contributed by atoms with E-state index in [1.54, 1.807) is 0 Å². The number of hydrogen-bond acceptors (Lipinski definition) is 3. The highest BCUT2D eigenvalue weighted by atomic mass is 15.1. The van der Waals surface area contributed by atoms with Gasteiger partial charge in [0.05, 0.1) is 0 Å². The van der Waals surface area contributed by atoms with Crippen LogP contribution >= 0.6 is 0 Å². The third-order valence-electron chi connectivity index (χ3n) is 1.66. The van der Waals surface area contributed by atoms with Gasteiger partial charge in [0.25, 0.3) is 0 Å². The molecule has 0 rings (SSSR count). The Balaban J connectivity index is 3.54. The number of nitrogens with two attached hydrogens (primary N) is 2. The Morgan fingerprint density at radius 2 is 1.58 bits per heavy atom. The van der Waals surface area contributed by atoms with Crippen LogP contribution in [0.5, 0.6) is 0 Å². The minimum absolute atomic E-state index is 0.761. The van der Waals surface area contributed by atoms with E-state index in [2.05, 4.69) is 11.1 Å². The van der Waals surface area contributed by atoms with Crippen LogP contribution in [0.3, 0.4) is 0 Å². The SMILES string of the molecule is CC=CN(CCCN)CCCN. The van der Waals surface area contributed by atoms with E-state index >= 15 is 0 Å². The zero-order valence-corrected chi connectivity index (χ0v) is 8.00. The van der Waals surface area contributed by atoms with Crippen LogP contribution in [0.4, 0.5) is 0 Å². The Kier molecular flexibility index (Phi) is 8.17. The smallest absolute Gasteiger partial charge is 0.0184 e. The summed E-state index contributed by atoms with van der Waals surface area (Å²) in [6, 6.07) is 0. The van der Waals surface area contributed by atoms with Crippen molar-refractivity contribution in [2.45, 2.75) is 19.8 Å². The molecule has 4 N–H and O–H groups in total. The predicted molar refractivity (Wildman–Crippen MR) is 53.7 cm³/mol. The Morgan fingerprint density at radius 1 is 1.08 bits per heavy atom. The van der Waals surface area contributed by atoms with Crippen molar-refractivity contribution in [3.63, 3.8) is 0 Å². The zero-order valence-electron chi connectivity index (χ0n) is 8.00. The van der Waals surface area contributed by atoms with E-state index in [9.17, 15) is 0 Å². The first-order chi connectivity index (χ1) is 5.85. The first kappa shape index (κ1) is 11.5. The Bertz CT molecular complexity index is 104. The molecule has 0 aromatic carbocycles. The highest BCUT2D eigenvalue weighted by Crippen LogP contribution is 1.94. The maximum Gasteiger partial charge on any atom is 0.0184 e. The second-order valence-corrected chi connectivity index (χ2v) is 2.80. The summed E-state index contributed by atoms with van der Waals surface area (Å²) in [5.41, 5.74) is 10.9. The molecular weight excluding hydrogens is 150 g/mol. The molecule has 0 heterocycles. The van der Waals surface area contributed by atoms with E-state index < -0.39 is 0 Å². The summed E-state index contributed by atoms with van der Waals surface area (Å²) in [4.78, 5) is 2.26. The lowest BCUT2D eigenvalue weighted by Gasteiger charge is -2.19. The lowest BCUT2D eigenvalue weighted by Crippen LogP contribution is -2.23. The predicted octanol–water partition coefficient (Wildman–Crippen LogP) is 0.520. The van der Waals surface area contributed by atoms with Gasteiger partial charge in [-0.1, -0.05) is 6.08 Å². The van der Waals surface area contributed by atoms with Gasteiger partial charge in [0, 0.05) is 13.1 Å². The van der Waals surface area contributed by atoms with Gasteiger partial charge in [-0.15, -0.1) is 0 Å². The summed E-state index contributed by atoms with van der Waals surface area (Å²) in [5.74, 6) is 0. The summed E-state index contributed by atoms with van der Waals surface area (Å²) < 4.78 is 0. The molecule has 3 heteroatoms. The van der Waals surface area contributed by atoms with Crippen molar-refractivity contribution < 1.29 is 0 Å². The first-order valence-electron chi connectivity index (χ1n) is 4.62. The molecule has 0 fully saturated rings. The van der Waals surface area contributed by atoms with Crippen molar-refractivity contribution in [1.82, 2.24) is 4.90 Å². The van der Waals surface area contributed by atoms with Gasteiger partial charge in [-0.2, -0.15) is 0 Å². The topological polar surface area (TPSA) is 55.3 Å². The normalized spacial score (nSPS) is 10.9. The molecule has 0 saturated heterocycles. The average molecular weight is 171 g/mol. The zero-order chi connectivity index (χ0) is 9.23. The van der Waals surface area contributed by atoms with Crippen LogP contribution in [0.1, 0.15) is 19.8 Å². The van der Waals surface area contributed by atoms with Crippen LogP contribution in [0.25, 0.3) is 0 Å². The largest absolute Gasteiger partial charge is 0.378 e. The van der Waals surface area contributed by atoms with Gasteiger partial charge in [0.2, 0.25) is 0 Å². The molecule has 0 atom stereocenters. The average Bonchev–Trinajstić information content (AvgIpc) is 2.10. The number of nitrogens with zero attached hydrogens (tertiary/aromatic N) is 1.